The number of amides is 1. The van der Waals surface area contributed by atoms with E-state index in [9.17, 15) is 14.9 Å². The molecule has 0 aliphatic rings. The minimum atomic E-state index is -0.469. The lowest BCUT2D eigenvalue weighted by atomic mass is 10.2. The van der Waals surface area contributed by atoms with Crippen LogP contribution in [0.15, 0.2) is 42.5 Å². The molecule has 1 heterocycles. The number of nitro benzene ring substituents is 1. The van der Waals surface area contributed by atoms with E-state index >= 15 is 0 Å². The summed E-state index contributed by atoms with van der Waals surface area (Å²) in [5, 5.41) is 22.3. The van der Waals surface area contributed by atoms with E-state index in [1.807, 2.05) is 13.8 Å². The number of benzene rings is 2. The molecule has 150 valence electrons. The van der Waals surface area contributed by atoms with E-state index < -0.39 is 4.92 Å². The highest BCUT2D eigenvalue weighted by Gasteiger charge is 2.15. The van der Waals surface area contributed by atoms with Crippen molar-refractivity contribution in [1.29, 1.82) is 0 Å². The van der Waals surface area contributed by atoms with Gasteiger partial charge >= 0.3 is 0 Å². The Balaban J connectivity index is 1.74. The Hall–Kier alpha value is -3.53. The van der Waals surface area contributed by atoms with Crippen LogP contribution in [0.5, 0.6) is 11.5 Å². The Bertz CT molecular complexity index is 1020. The fourth-order valence-electron chi connectivity index (χ4n) is 2.48. The minimum absolute atomic E-state index is 0.00704. The van der Waals surface area contributed by atoms with E-state index in [1.54, 1.807) is 30.3 Å². The summed E-state index contributed by atoms with van der Waals surface area (Å²) in [6.07, 6.45) is 0. The summed E-state index contributed by atoms with van der Waals surface area (Å²) in [6, 6.07) is 10.9. The van der Waals surface area contributed by atoms with Crippen LogP contribution in [0.3, 0.4) is 0 Å². The summed E-state index contributed by atoms with van der Waals surface area (Å²) >= 11 is 1.17. The Morgan fingerprint density at radius 2 is 1.76 bits per heavy atom. The molecule has 0 unspecified atom stereocenters. The molecule has 0 aliphatic carbocycles. The van der Waals surface area contributed by atoms with Gasteiger partial charge in [0.15, 0.2) is 11.5 Å². The van der Waals surface area contributed by atoms with Crippen molar-refractivity contribution in [1.82, 2.24) is 10.2 Å². The highest BCUT2D eigenvalue weighted by Crippen LogP contribution is 2.30. The molecular formula is C19H18N4O5S. The maximum absolute atomic E-state index is 12.6. The second kappa shape index (κ2) is 9.11. The van der Waals surface area contributed by atoms with Gasteiger partial charge in [-0.3, -0.25) is 20.2 Å². The Morgan fingerprint density at radius 3 is 2.41 bits per heavy atom. The monoisotopic (exact) mass is 414 g/mol. The zero-order valence-corrected chi connectivity index (χ0v) is 16.6. The SMILES string of the molecule is CCOc1ccc(C(=O)Nc2nnc(-c3ccc([N+](=O)[O-])cc3)s2)cc1OCC. The standard InChI is InChI=1S/C19H18N4O5S/c1-3-27-15-10-7-13(11-16(15)28-4-2)17(24)20-19-22-21-18(29-19)12-5-8-14(9-6-12)23(25)26/h5-11H,3-4H2,1-2H3,(H,20,22,24). The van der Waals surface area contributed by atoms with Crippen LogP contribution >= 0.6 is 11.3 Å². The minimum Gasteiger partial charge on any atom is -0.490 e. The molecule has 1 amide bonds. The smallest absolute Gasteiger partial charge is 0.269 e. The van der Waals surface area contributed by atoms with Crippen molar-refractivity contribution in [3.63, 3.8) is 0 Å². The lowest BCUT2D eigenvalue weighted by Gasteiger charge is -2.12. The summed E-state index contributed by atoms with van der Waals surface area (Å²) in [6.45, 7) is 4.65. The molecule has 0 saturated heterocycles. The number of rotatable bonds is 8. The van der Waals surface area contributed by atoms with E-state index in [0.29, 0.717) is 46.0 Å². The molecule has 3 aromatic rings. The first-order valence-corrected chi connectivity index (χ1v) is 9.62. The van der Waals surface area contributed by atoms with Gasteiger partial charge in [-0.25, -0.2) is 0 Å². The molecule has 9 nitrogen and oxygen atoms in total. The number of hydrogen-bond acceptors (Lipinski definition) is 8. The van der Waals surface area contributed by atoms with Crippen LogP contribution in [0.25, 0.3) is 10.6 Å². The molecule has 2 aromatic carbocycles. The average molecular weight is 414 g/mol. The van der Waals surface area contributed by atoms with Crippen molar-refractivity contribution >= 4 is 28.1 Å². The molecule has 1 N–H and O–H groups in total. The first-order chi connectivity index (χ1) is 14.0. The van der Waals surface area contributed by atoms with Crippen LogP contribution in [0, 0.1) is 10.1 Å². The van der Waals surface area contributed by atoms with Crippen molar-refractivity contribution in [2.75, 3.05) is 18.5 Å². The van der Waals surface area contributed by atoms with Gasteiger partial charge in [-0.05, 0) is 44.2 Å². The average Bonchev–Trinajstić information content (AvgIpc) is 3.18. The predicted octanol–water partition coefficient (Wildman–Crippen LogP) is 4.16. The van der Waals surface area contributed by atoms with E-state index in [1.165, 1.54) is 23.5 Å². The number of nitro groups is 1. The lowest BCUT2D eigenvalue weighted by molar-refractivity contribution is -0.384. The third-order valence-electron chi connectivity index (χ3n) is 3.78. The number of nitrogens with zero attached hydrogens (tertiary/aromatic N) is 3. The molecule has 0 radical (unpaired) electrons. The van der Waals surface area contributed by atoms with E-state index in [0.717, 1.165) is 0 Å². The Morgan fingerprint density at radius 1 is 1.07 bits per heavy atom. The summed E-state index contributed by atoms with van der Waals surface area (Å²) in [5.41, 5.74) is 1.06. The molecule has 0 atom stereocenters. The number of anilines is 1. The van der Waals surface area contributed by atoms with Gasteiger partial charge in [-0.1, -0.05) is 11.3 Å². The molecule has 0 bridgehead atoms. The van der Waals surface area contributed by atoms with Crippen molar-refractivity contribution in [3.05, 3.63) is 58.1 Å². The number of hydrogen-bond donors (Lipinski definition) is 1. The first kappa shape index (κ1) is 20.2. The molecule has 0 fully saturated rings. The summed E-state index contributed by atoms with van der Waals surface area (Å²) in [4.78, 5) is 22.8. The molecule has 0 spiro atoms. The number of aromatic nitrogens is 2. The van der Waals surface area contributed by atoms with Crippen LogP contribution in [-0.2, 0) is 0 Å². The predicted molar refractivity (Wildman–Crippen MR) is 109 cm³/mol. The molecule has 10 heteroatoms. The molecule has 3 rings (SSSR count). The van der Waals surface area contributed by atoms with Gasteiger partial charge < -0.3 is 9.47 Å². The Kier molecular flexibility index (Phi) is 6.35. The number of nitrogens with one attached hydrogen (secondary N) is 1. The fraction of sp³-hybridized carbons (Fsp3) is 0.211. The molecule has 0 saturated carbocycles. The van der Waals surface area contributed by atoms with Crippen LogP contribution in [0.4, 0.5) is 10.8 Å². The zero-order chi connectivity index (χ0) is 20.8. The summed E-state index contributed by atoms with van der Waals surface area (Å²) < 4.78 is 11.0. The van der Waals surface area contributed by atoms with Crippen LogP contribution in [-0.4, -0.2) is 34.2 Å². The largest absolute Gasteiger partial charge is 0.490 e. The number of carbonyl (C=O) groups excluding carboxylic acids is 1. The van der Waals surface area contributed by atoms with Crippen molar-refractivity contribution in [2.45, 2.75) is 13.8 Å². The summed E-state index contributed by atoms with van der Waals surface area (Å²) in [7, 11) is 0. The van der Waals surface area contributed by atoms with Gasteiger partial charge in [0.05, 0.1) is 18.1 Å². The number of non-ortho nitro benzene ring substituents is 1. The quantitative estimate of drug-likeness (QED) is 0.434. The van der Waals surface area contributed by atoms with E-state index in [2.05, 4.69) is 15.5 Å². The molecule has 0 aliphatic heterocycles. The van der Waals surface area contributed by atoms with Crippen molar-refractivity contribution in [2.24, 2.45) is 0 Å². The van der Waals surface area contributed by atoms with Gasteiger partial charge in [0.25, 0.3) is 11.6 Å². The lowest BCUT2D eigenvalue weighted by Crippen LogP contribution is -2.12. The van der Waals surface area contributed by atoms with Crippen molar-refractivity contribution < 1.29 is 19.2 Å². The van der Waals surface area contributed by atoms with Gasteiger partial charge in [0.2, 0.25) is 5.13 Å². The number of carbonyl (C=O) groups is 1. The molecule has 1 aromatic heterocycles. The fourth-order valence-corrected chi connectivity index (χ4v) is 3.22. The normalized spacial score (nSPS) is 10.4. The highest BCUT2D eigenvalue weighted by molar-refractivity contribution is 7.18. The van der Waals surface area contributed by atoms with Gasteiger partial charge in [-0.15, -0.1) is 10.2 Å². The third-order valence-corrected chi connectivity index (χ3v) is 4.66. The maximum atomic E-state index is 12.6. The van der Waals surface area contributed by atoms with Crippen LogP contribution in [0.2, 0.25) is 0 Å². The van der Waals surface area contributed by atoms with E-state index in [4.69, 9.17) is 9.47 Å². The second-order valence-electron chi connectivity index (χ2n) is 5.70. The van der Waals surface area contributed by atoms with E-state index in [-0.39, 0.29) is 11.6 Å². The van der Waals surface area contributed by atoms with Gasteiger partial charge in [0.1, 0.15) is 5.01 Å². The van der Waals surface area contributed by atoms with Crippen molar-refractivity contribution in [3.8, 4) is 22.1 Å². The first-order valence-electron chi connectivity index (χ1n) is 8.81. The summed E-state index contributed by atoms with van der Waals surface area (Å²) in [5.74, 6) is 0.702. The second-order valence-corrected chi connectivity index (χ2v) is 6.68. The molecular weight excluding hydrogens is 396 g/mol. The Labute approximate surface area is 170 Å². The van der Waals surface area contributed by atoms with Crippen LogP contribution < -0.4 is 14.8 Å². The van der Waals surface area contributed by atoms with Crippen LogP contribution in [0.1, 0.15) is 24.2 Å². The molecule has 29 heavy (non-hydrogen) atoms. The zero-order valence-electron chi connectivity index (χ0n) is 15.7. The van der Waals surface area contributed by atoms with Gasteiger partial charge in [-0.2, -0.15) is 0 Å². The maximum Gasteiger partial charge on any atom is 0.269 e. The highest BCUT2D eigenvalue weighted by atomic mass is 32.1. The van der Waals surface area contributed by atoms with Gasteiger partial charge in [0, 0.05) is 23.3 Å². The topological polar surface area (TPSA) is 116 Å². The number of ether oxygens (including phenoxy) is 2. The third kappa shape index (κ3) is 4.85.